The molecule has 0 unspecified atom stereocenters. The van der Waals surface area contributed by atoms with Crippen LogP contribution < -0.4 is 14.9 Å². The van der Waals surface area contributed by atoms with Crippen molar-refractivity contribution in [2.75, 3.05) is 27.0 Å². The lowest BCUT2D eigenvalue weighted by Gasteiger charge is -2.26. The number of rotatable bonds is 6. The quantitative estimate of drug-likeness (QED) is 0.719. The van der Waals surface area contributed by atoms with Crippen molar-refractivity contribution in [2.24, 2.45) is 0 Å². The first-order chi connectivity index (χ1) is 14.5. The molecular formula is C22H25NO7. The second kappa shape index (κ2) is 8.79. The van der Waals surface area contributed by atoms with Crippen LogP contribution in [0.25, 0.3) is 0 Å². The number of hydrogen-bond acceptors (Lipinski definition) is 8. The number of ether oxygens (including phenoxy) is 3. The number of piperidine rings is 1. The van der Waals surface area contributed by atoms with Crippen LogP contribution in [0.3, 0.4) is 0 Å². The van der Waals surface area contributed by atoms with Crippen LogP contribution in [0, 0.1) is 0 Å². The van der Waals surface area contributed by atoms with Gasteiger partial charge in [0.05, 0.1) is 26.0 Å². The summed E-state index contributed by atoms with van der Waals surface area (Å²) < 4.78 is 21.6. The predicted molar refractivity (Wildman–Crippen MR) is 107 cm³/mol. The van der Waals surface area contributed by atoms with Gasteiger partial charge in [0.2, 0.25) is 18.0 Å². The van der Waals surface area contributed by atoms with Gasteiger partial charge in [-0.15, -0.1) is 0 Å². The van der Waals surface area contributed by atoms with E-state index >= 15 is 0 Å². The fourth-order valence-electron chi connectivity index (χ4n) is 3.95. The second-order valence-electron chi connectivity index (χ2n) is 7.57. The molecule has 0 bridgehead atoms. The monoisotopic (exact) mass is 415 g/mol. The fourth-order valence-corrected chi connectivity index (χ4v) is 3.95. The number of fused-ring (bicyclic) bond motifs is 1. The Hall–Kier alpha value is -3.00. The predicted octanol–water partition coefficient (Wildman–Crippen LogP) is 2.76. The van der Waals surface area contributed by atoms with Crippen molar-refractivity contribution in [2.45, 2.75) is 38.1 Å². The average molecular weight is 415 g/mol. The van der Waals surface area contributed by atoms with Gasteiger partial charge in [-0.1, -0.05) is 12.5 Å². The van der Waals surface area contributed by atoms with Gasteiger partial charge in [-0.25, -0.2) is 0 Å². The summed E-state index contributed by atoms with van der Waals surface area (Å²) in [6.07, 6.45) is 3.32. The van der Waals surface area contributed by atoms with Gasteiger partial charge >= 0.3 is 5.97 Å². The third-order valence-corrected chi connectivity index (χ3v) is 5.54. The van der Waals surface area contributed by atoms with E-state index < -0.39 is 23.1 Å². The second-order valence-corrected chi connectivity index (χ2v) is 7.57. The highest BCUT2D eigenvalue weighted by molar-refractivity contribution is 5.71. The van der Waals surface area contributed by atoms with E-state index in [0.29, 0.717) is 29.4 Å². The Balaban J connectivity index is 1.71. The Morgan fingerprint density at radius 1 is 1.17 bits per heavy atom. The molecule has 3 heterocycles. The molecule has 0 radical (unpaired) electrons. The van der Waals surface area contributed by atoms with Gasteiger partial charge in [0.1, 0.15) is 5.76 Å². The number of likely N-dealkylation sites (tertiary alicyclic amines) is 1. The highest BCUT2D eigenvalue weighted by Gasteiger charge is 2.28. The third-order valence-electron chi connectivity index (χ3n) is 5.54. The number of aromatic hydroxyl groups is 1. The van der Waals surface area contributed by atoms with E-state index in [9.17, 15) is 14.7 Å². The molecule has 8 nitrogen and oxygen atoms in total. The van der Waals surface area contributed by atoms with Crippen molar-refractivity contribution in [1.82, 2.24) is 4.90 Å². The van der Waals surface area contributed by atoms with Crippen LogP contribution in [0.4, 0.5) is 0 Å². The van der Waals surface area contributed by atoms with Gasteiger partial charge in [0, 0.05) is 6.07 Å². The van der Waals surface area contributed by atoms with E-state index in [1.54, 1.807) is 18.2 Å². The Kier molecular flexibility index (Phi) is 5.94. The SMILES string of the molecule is COC(=O)C[C@@H](c1ccc2c(c1)OCO2)c1oc(CN2CCCCC2)cc(=O)c1O. The van der Waals surface area contributed by atoms with Crippen molar-refractivity contribution in [3.05, 3.63) is 51.6 Å². The Morgan fingerprint density at radius 3 is 2.70 bits per heavy atom. The lowest BCUT2D eigenvalue weighted by atomic mass is 9.92. The molecule has 2 aliphatic rings. The summed E-state index contributed by atoms with van der Waals surface area (Å²) >= 11 is 0. The lowest BCUT2D eigenvalue weighted by Crippen LogP contribution is -2.29. The van der Waals surface area contributed by atoms with Crippen molar-refractivity contribution < 1.29 is 28.5 Å². The summed E-state index contributed by atoms with van der Waals surface area (Å²) in [5.41, 5.74) is 0.122. The van der Waals surface area contributed by atoms with E-state index in [0.717, 1.165) is 25.9 Å². The maximum absolute atomic E-state index is 12.5. The molecule has 0 saturated carbocycles. The molecule has 0 amide bonds. The highest BCUT2D eigenvalue weighted by Crippen LogP contribution is 2.39. The van der Waals surface area contributed by atoms with Crippen LogP contribution in [-0.2, 0) is 16.1 Å². The van der Waals surface area contributed by atoms with E-state index in [-0.39, 0.29) is 19.0 Å². The summed E-state index contributed by atoms with van der Waals surface area (Å²) in [7, 11) is 1.29. The van der Waals surface area contributed by atoms with Crippen LogP contribution >= 0.6 is 0 Å². The first-order valence-electron chi connectivity index (χ1n) is 10.1. The summed E-state index contributed by atoms with van der Waals surface area (Å²) in [4.78, 5) is 26.8. The molecule has 1 atom stereocenters. The molecule has 0 spiro atoms. The first kappa shape index (κ1) is 20.3. The number of hydrogen-bond donors (Lipinski definition) is 1. The molecular weight excluding hydrogens is 390 g/mol. The normalized spacial score (nSPS) is 17.0. The molecule has 4 rings (SSSR count). The molecule has 8 heteroatoms. The Bertz CT molecular complexity index is 978. The van der Waals surface area contributed by atoms with E-state index in [1.165, 1.54) is 19.6 Å². The minimum Gasteiger partial charge on any atom is -0.502 e. The number of carbonyl (C=O) groups excluding carboxylic acids is 1. The Labute approximate surface area is 174 Å². The number of methoxy groups -OCH3 is 1. The van der Waals surface area contributed by atoms with Crippen LogP contribution in [0.2, 0.25) is 0 Å². The van der Waals surface area contributed by atoms with E-state index in [4.69, 9.17) is 18.6 Å². The highest BCUT2D eigenvalue weighted by atomic mass is 16.7. The summed E-state index contributed by atoms with van der Waals surface area (Å²) in [6.45, 7) is 2.47. The van der Waals surface area contributed by atoms with Crippen LogP contribution in [0.15, 0.2) is 33.5 Å². The third kappa shape index (κ3) is 4.28. The molecule has 1 saturated heterocycles. The van der Waals surface area contributed by atoms with Gasteiger partial charge < -0.3 is 23.7 Å². The number of esters is 1. The standard InChI is InChI=1S/C22H25NO7/c1-27-20(25)11-16(14-5-6-18-19(9-14)29-13-28-18)22-21(26)17(24)10-15(30-22)12-23-7-3-2-4-8-23/h5-6,9-10,16,26H,2-4,7-8,11-13H2,1H3/t16-/m0/s1. The van der Waals surface area contributed by atoms with Gasteiger partial charge in [-0.3, -0.25) is 14.5 Å². The van der Waals surface area contributed by atoms with Crippen LogP contribution in [0.1, 0.15) is 48.7 Å². The molecule has 2 aromatic rings. The largest absolute Gasteiger partial charge is 0.502 e. The topological polar surface area (TPSA) is 98.4 Å². The molecule has 1 fully saturated rings. The van der Waals surface area contributed by atoms with Crippen LogP contribution in [-0.4, -0.2) is 43.0 Å². The van der Waals surface area contributed by atoms with Crippen molar-refractivity contribution in [3.63, 3.8) is 0 Å². The van der Waals surface area contributed by atoms with Gasteiger partial charge in [-0.05, 0) is 43.6 Å². The minimum absolute atomic E-state index is 0.0544. The summed E-state index contributed by atoms with van der Waals surface area (Å²) in [5.74, 6) is -0.0380. The summed E-state index contributed by atoms with van der Waals surface area (Å²) in [5, 5.41) is 10.5. The lowest BCUT2D eigenvalue weighted by molar-refractivity contribution is -0.140. The maximum Gasteiger partial charge on any atom is 0.306 e. The molecule has 1 aromatic carbocycles. The summed E-state index contributed by atoms with van der Waals surface area (Å²) in [6, 6.07) is 6.54. The number of carbonyl (C=O) groups is 1. The molecule has 0 aliphatic carbocycles. The van der Waals surface area contributed by atoms with Crippen molar-refractivity contribution in [1.29, 1.82) is 0 Å². The fraction of sp³-hybridized carbons (Fsp3) is 0.455. The smallest absolute Gasteiger partial charge is 0.306 e. The van der Waals surface area contributed by atoms with Gasteiger partial charge in [-0.2, -0.15) is 0 Å². The van der Waals surface area contributed by atoms with Crippen molar-refractivity contribution >= 4 is 5.97 Å². The zero-order valence-electron chi connectivity index (χ0n) is 16.9. The van der Waals surface area contributed by atoms with E-state index in [2.05, 4.69) is 4.90 Å². The molecule has 160 valence electrons. The minimum atomic E-state index is -0.707. The number of nitrogens with zero attached hydrogens (tertiary/aromatic N) is 1. The van der Waals surface area contributed by atoms with Gasteiger partial charge in [0.15, 0.2) is 17.3 Å². The first-order valence-corrected chi connectivity index (χ1v) is 10.1. The molecule has 1 N–H and O–H groups in total. The maximum atomic E-state index is 12.5. The molecule has 2 aliphatic heterocycles. The Morgan fingerprint density at radius 2 is 1.93 bits per heavy atom. The number of benzene rings is 1. The van der Waals surface area contributed by atoms with E-state index in [1.807, 2.05) is 0 Å². The molecule has 1 aromatic heterocycles. The van der Waals surface area contributed by atoms with Crippen molar-refractivity contribution in [3.8, 4) is 17.2 Å². The zero-order valence-corrected chi connectivity index (χ0v) is 16.9. The average Bonchev–Trinajstić information content (AvgIpc) is 3.23. The zero-order chi connectivity index (χ0) is 21.1. The molecule has 30 heavy (non-hydrogen) atoms. The van der Waals surface area contributed by atoms with Gasteiger partial charge in [0.25, 0.3) is 0 Å². The van der Waals surface area contributed by atoms with Crippen LogP contribution in [0.5, 0.6) is 17.2 Å².